The number of morpholine rings is 1. The number of pyridine rings is 1. The van der Waals surface area contributed by atoms with Crippen LogP contribution in [0.5, 0.6) is 5.75 Å². The Labute approximate surface area is 162 Å². The molecule has 2 heterocycles. The van der Waals surface area contributed by atoms with Gasteiger partial charge in [0.15, 0.2) is 5.75 Å². The van der Waals surface area contributed by atoms with Crippen molar-refractivity contribution in [3.63, 3.8) is 0 Å². The zero-order valence-electron chi connectivity index (χ0n) is 15.2. The van der Waals surface area contributed by atoms with Gasteiger partial charge in [0.1, 0.15) is 5.82 Å². The number of hydrogen-bond donors (Lipinski definition) is 1. The molecule has 1 aliphatic rings. The summed E-state index contributed by atoms with van der Waals surface area (Å²) in [4.78, 5) is 16.6. The van der Waals surface area contributed by atoms with Gasteiger partial charge in [-0.3, -0.25) is 10.1 Å². The standard InChI is InChI=1S/C17H20N4O6S/c1-26-16-5-4-14(11-15(16)21(22)23)28(24,25)19-12-13-3-2-6-18-17(13)20-7-9-27-10-8-20/h2-6,11,19H,7-10,12H2,1H3. The minimum atomic E-state index is -3.97. The molecule has 150 valence electrons. The van der Waals surface area contributed by atoms with E-state index in [0.29, 0.717) is 37.7 Å². The number of ether oxygens (including phenoxy) is 2. The molecule has 10 nitrogen and oxygen atoms in total. The summed E-state index contributed by atoms with van der Waals surface area (Å²) in [7, 11) is -2.69. The molecule has 28 heavy (non-hydrogen) atoms. The van der Waals surface area contributed by atoms with E-state index in [9.17, 15) is 18.5 Å². The fourth-order valence-corrected chi connectivity index (χ4v) is 3.89. The number of sulfonamides is 1. The van der Waals surface area contributed by atoms with E-state index in [4.69, 9.17) is 9.47 Å². The van der Waals surface area contributed by atoms with Crippen molar-refractivity contribution >= 4 is 21.5 Å². The Hall–Kier alpha value is -2.76. The summed E-state index contributed by atoms with van der Waals surface area (Å²) in [5.74, 6) is 0.681. The Kier molecular flexibility index (Phi) is 6.07. The second kappa shape index (κ2) is 8.50. The SMILES string of the molecule is COc1ccc(S(=O)(=O)NCc2cccnc2N2CCOCC2)cc1[N+](=O)[O-]. The Morgan fingerprint density at radius 3 is 2.75 bits per heavy atom. The van der Waals surface area contributed by atoms with Crippen molar-refractivity contribution in [2.45, 2.75) is 11.4 Å². The summed E-state index contributed by atoms with van der Waals surface area (Å²) < 4.78 is 38.0. The molecule has 1 aliphatic heterocycles. The molecular weight excluding hydrogens is 388 g/mol. The third-order valence-electron chi connectivity index (χ3n) is 4.29. The molecule has 11 heteroatoms. The molecule has 0 atom stereocenters. The van der Waals surface area contributed by atoms with E-state index in [0.717, 1.165) is 6.07 Å². The Morgan fingerprint density at radius 2 is 2.07 bits per heavy atom. The van der Waals surface area contributed by atoms with Crippen LogP contribution in [0.3, 0.4) is 0 Å². The van der Waals surface area contributed by atoms with Crippen molar-refractivity contribution in [3.8, 4) is 5.75 Å². The van der Waals surface area contributed by atoms with Gasteiger partial charge >= 0.3 is 5.69 Å². The average Bonchev–Trinajstić information content (AvgIpc) is 2.72. The van der Waals surface area contributed by atoms with E-state index < -0.39 is 20.6 Å². The normalized spacial score (nSPS) is 14.7. The zero-order chi connectivity index (χ0) is 20.1. The second-order valence-electron chi connectivity index (χ2n) is 6.00. The van der Waals surface area contributed by atoms with Gasteiger partial charge in [-0.2, -0.15) is 0 Å². The molecule has 2 aromatic rings. The van der Waals surface area contributed by atoms with Crippen LogP contribution in [0.1, 0.15) is 5.56 Å². The fourth-order valence-electron chi connectivity index (χ4n) is 2.86. The maximum absolute atomic E-state index is 12.6. The molecule has 0 saturated carbocycles. The van der Waals surface area contributed by atoms with Crippen LogP contribution in [0.2, 0.25) is 0 Å². The Balaban J connectivity index is 1.81. The summed E-state index contributed by atoms with van der Waals surface area (Å²) in [6.45, 7) is 2.50. The molecule has 0 aliphatic carbocycles. The number of nitrogens with one attached hydrogen (secondary N) is 1. The lowest BCUT2D eigenvalue weighted by atomic mass is 10.2. The molecule has 1 saturated heterocycles. The van der Waals surface area contributed by atoms with Gasteiger partial charge in [-0.1, -0.05) is 6.07 Å². The first kappa shape index (κ1) is 20.0. The van der Waals surface area contributed by atoms with Crippen molar-refractivity contribution in [2.24, 2.45) is 0 Å². The number of benzene rings is 1. The van der Waals surface area contributed by atoms with E-state index in [2.05, 4.69) is 9.71 Å². The zero-order valence-corrected chi connectivity index (χ0v) is 16.0. The highest BCUT2D eigenvalue weighted by Gasteiger charge is 2.23. The number of aromatic nitrogens is 1. The number of hydrogen-bond acceptors (Lipinski definition) is 8. The predicted molar refractivity (Wildman–Crippen MR) is 101 cm³/mol. The van der Waals surface area contributed by atoms with Crippen LogP contribution < -0.4 is 14.4 Å². The van der Waals surface area contributed by atoms with Crippen LogP contribution in [0.25, 0.3) is 0 Å². The predicted octanol–water partition coefficient (Wildman–Crippen LogP) is 1.31. The first-order valence-corrected chi connectivity index (χ1v) is 9.99. The maximum Gasteiger partial charge on any atom is 0.312 e. The molecule has 1 N–H and O–H groups in total. The second-order valence-corrected chi connectivity index (χ2v) is 7.77. The Morgan fingerprint density at radius 1 is 1.32 bits per heavy atom. The highest BCUT2D eigenvalue weighted by molar-refractivity contribution is 7.89. The van der Waals surface area contributed by atoms with E-state index >= 15 is 0 Å². The van der Waals surface area contributed by atoms with Gasteiger partial charge in [-0.15, -0.1) is 0 Å². The molecule has 1 aromatic heterocycles. The minimum Gasteiger partial charge on any atom is -0.490 e. The molecule has 1 fully saturated rings. The van der Waals surface area contributed by atoms with E-state index in [-0.39, 0.29) is 17.2 Å². The van der Waals surface area contributed by atoms with Gasteiger partial charge < -0.3 is 14.4 Å². The summed E-state index contributed by atoms with van der Waals surface area (Å²) in [6.07, 6.45) is 1.65. The lowest BCUT2D eigenvalue weighted by molar-refractivity contribution is -0.386. The highest BCUT2D eigenvalue weighted by atomic mass is 32.2. The van der Waals surface area contributed by atoms with Gasteiger partial charge in [0.25, 0.3) is 0 Å². The first-order valence-electron chi connectivity index (χ1n) is 8.51. The van der Waals surface area contributed by atoms with Crippen molar-refractivity contribution in [1.29, 1.82) is 0 Å². The average molecular weight is 408 g/mol. The monoisotopic (exact) mass is 408 g/mol. The lowest BCUT2D eigenvalue weighted by Gasteiger charge is -2.29. The summed E-state index contributed by atoms with van der Waals surface area (Å²) in [6, 6.07) is 7.02. The molecule has 3 rings (SSSR count). The van der Waals surface area contributed by atoms with E-state index in [1.807, 2.05) is 4.90 Å². The Bertz CT molecular complexity index is 960. The van der Waals surface area contributed by atoms with Crippen molar-refractivity contribution in [3.05, 3.63) is 52.2 Å². The van der Waals surface area contributed by atoms with Crippen LogP contribution in [-0.4, -0.2) is 51.7 Å². The third-order valence-corrected chi connectivity index (χ3v) is 5.69. The summed E-state index contributed by atoms with van der Waals surface area (Å²) in [5.41, 5.74) is 0.289. The quantitative estimate of drug-likeness (QED) is 0.537. The molecule has 0 unspecified atom stereocenters. The number of nitro benzene ring substituents is 1. The van der Waals surface area contributed by atoms with Crippen LogP contribution in [0.4, 0.5) is 11.5 Å². The van der Waals surface area contributed by atoms with Crippen molar-refractivity contribution < 1.29 is 22.8 Å². The number of rotatable bonds is 7. The molecule has 0 amide bonds. The molecule has 0 bridgehead atoms. The topological polar surface area (TPSA) is 124 Å². The van der Waals surface area contributed by atoms with Crippen LogP contribution >= 0.6 is 0 Å². The first-order chi connectivity index (χ1) is 13.4. The number of anilines is 1. The number of nitro groups is 1. The van der Waals surface area contributed by atoms with Gasteiger partial charge in [-0.25, -0.2) is 18.1 Å². The molecular formula is C17H20N4O6S. The van der Waals surface area contributed by atoms with Gasteiger partial charge in [0.2, 0.25) is 10.0 Å². The smallest absolute Gasteiger partial charge is 0.312 e. The van der Waals surface area contributed by atoms with E-state index in [1.165, 1.54) is 19.2 Å². The largest absolute Gasteiger partial charge is 0.490 e. The summed E-state index contributed by atoms with van der Waals surface area (Å²) >= 11 is 0. The highest BCUT2D eigenvalue weighted by Crippen LogP contribution is 2.29. The van der Waals surface area contributed by atoms with Crippen LogP contribution in [0.15, 0.2) is 41.4 Å². The molecule has 0 radical (unpaired) electrons. The van der Waals surface area contributed by atoms with Crippen molar-refractivity contribution in [2.75, 3.05) is 38.3 Å². The van der Waals surface area contributed by atoms with Gasteiger partial charge in [0.05, 0.1) is 30.1 Å². The number of methoxy groups -OCH3 is 1. The van der Waals surface area contributed by atoms with Crippen LogP contribution in [-0.2, 0) is 21.3 Å². The summed E-state index contributed by atoms with van der Waals surface area (Å²) in [5, 5.41) is 11.1. The fraction of sp³-hybridized carbons (Fsp3) is 0.353. The van der Waals surface area contributed by atoms with Crippen LogP contribution in [0, 0.1) is 10.1 Å². The van der Waals surface area contributed by atoms with Crippen molar-refractivity contribution in [1.82, 2.24) is 9.71 Å². The lowest BCUT2D eigenvalue weighted by Crippen LogP contribution is -2.37. The minimum absolute atomic E-state index is 0.00267. The van der Waals surface area contributed by atoms with Gasteiger partial charge in [-0.05, 0) is 18.2 Å². The third kappa shape index (κ3) is 4.38. The number of nitrogens with zero attached hydrogens (tertiary/aromatic N) is 3. The molecule has 1 aromatic carbocycles. The maximum atomic E-state index is 12.6. The van der Waals surface area contributed by atoms with Gasteiger partial charge in [0, 0.05) is 37.5 Å². The molecule has 0 spiro atoms. The van der Waals surface area contributed by atoms with E-state index in [1.54, 1.807) is 18.3 Å².